The summed E-state index contributed by atoms with van der Waals surface area (Å²) in [7, 11) is 0. The van der Waals surface area contributed by atoms with Gasteiger partial charge in [0.15, 0.2) is 5.60 Å². The van der Waals surface area contributed by atoms with Gasteiger partial charge in [-0.2, -0.15) is 0 Å². The van der Waals surface area contributed by atoms with Gasteiger partial charge in [-0.05, 0) is 56.5 Å². The van der Waals surface area contributed by atoms with Crippen LogP contribution in [0.5, 0.6) is 0 Å². The second-order valence-electron chi connectivity index (χ2n) is 6.62. The van der Waals surface area contributed by atoms with E-state index in [4.69, 9.17) is 11.2 Å². The van der Waals surface area contributed by atoms with Crippen molar-refractivity contribution in [3.05, 3.63) is 76.9 Å². The highest BCUT2D eigenvalue weighted by atomic mass is 16.6. The molecule has 0 amide bonds. The Morgan fingerprint density at radius 1 is 1.08 bits per heavy atom. The van der Waals surface area contributed by atoms with Gasteiger partial charge in [-0.3, -0.25) is 4.79 Å². The Morgan fingerprint density at radius 2 is 1.69 bits per heavy atom. The van der Waals surface area contributed by atoms with Crippen LogP contribution in [0.25, 0.3) is 5.57 Å². The summed E-state index contributed by atoms with van der Waals surface area (Å²) in [6.45, 7) is 6.87. The van der Waals surface area contributed by atoms with Crippen molar-refractivity contribution in [1.82, 2.24) is 0 Å². The number of benzene rings is 2. The van der Waals surface area contributed by atoms with E-state index in [-0.39, 0.29) is 5.78 Å². The molecule has 26 heavy (non-hydrogen) atoms. The van der Waals surface area contributed by atoms with Gasteiger partial charge in [-0.15, -0.1) is 6.42 Å². The standard InChI is InChI=1S/C23H22O3/c1-6-18-11-13-19(14-12-18)17(3)15-21(24)26-23(4,5)22(25)20-10-8-7-9-16(20)2/h1,7-15H,2-5H3/b17-15+. The van der Waals surface area contributed by atoms with E-state index in [0.29, 0.717) is 5.56 Å². The minimum absolute atomic E-state index is 0.228. The SMILES string of the molecule is C#Cc1ccc(/C(C)=C/C(=O)OC(C)(C)C(=O)c2ccccc2C)cc1. The van der Waals surface area contributed by atoms with Crippen LogP contribution >= 0.6 is 0 Å². The second kappa shape index (κ2) is 7.84. The van der Waals surface area contributed by atoms with Crippen LogP contribution in [0.15, 0.2) is 54.6 Å². The molecule has 0 aromatic heterocycles. The Morgan fingerprint density at radius 3 is 2.27 bits per heavy atom. The molecule has 0 bridgehead atoms. The fourth-order valence-corrected chi connectivity index (χ4v) is 2.57. The van der Waals surface area contributed by atoms with Crippen molar-refractivity contribution in [1.29, 1.82) is 0 Å². The normalized spacial score (nSPS) is 11.6. The first-order valence-corrected chi connectivity index (χ1v) is 8.33. The fourth-order valence-electron chi connectivity index (χ4n) is 2.57. The van der Waals surface area contributed by atoms with Crippen molar-refractivity contribution < 1.29 is 14.3 Å². The summed E-state index contributed by atoms with van der Waals surface area (Å²) in [4.78, 5) is 25.0. The quantitative estimate of drug-likeness (QED) is 0.344. The average molecular weight is 346 g/mol. The van der Waals surface area contributed by atoms with E-state index in [0.717, 1.165) is 22.3 Å². The lowest BCUT2D eigenvalue weighted by Gasteiger charge is -2.24. The molecule has 0 radical (unpaired) electrons. The summed E-state index contributed by atoms with van der Waals surface area (Å²) in [6.07, 6.45) is 6.73. The smallest absolute Gasteiger partial charge is 0.332 e. The molecular weight excluding hydrogens is 324 g/mol. The van der Waals surface area contributed by atoms with Gasteiger partial charge in [0, 0.05) is 17.2 Å². The second-order valence-corrected chi connectivity index (χ2v) is 6.62. The summed E-state index contributed by atoms with van der Waals surface area (Å²) in [5.74, 6) is 1.76. The van der Waals surface area contributed by atoms with Crippen LogP contribution in [-0.4, -0.2) is 17.4 Å². The minimum Gasteiger partial charge on any atom is -0.448 e. The molecule has 0 N–H and O–H groups in total. The van der Waals surface area contributed by atoms with Crippen molar-refractivity contribution in [2.45, 2.75) is 33.3 Å². The number of ether oxygens (including phenoxy) is 1. The van der Waals surface area contributed by atoms with E-state index in [2.05, 4.69) is 5.92 Å². The number of aryl methyl sites for hydroxylation is 1. The number of Topliss-reactive ketones (excluding diaryl/α,β-unsaturated/α-hetero) is 1. The van der Waals surface area contributed by atoms with Gasteiger partial charge in [0.25, 0.3) is 0 Å². The van der Waals surface area contributed by atoms with Gasteiger partial charge >= 0.3 is 5.97 Å². The summed E-state index contributed by atoms with van der Waals surface area (Å²) in [6, 6.07) is 14.6. The first-order chi connectivity index (χ1) is 12.2. The molecule has 0 aliphatic rings. The number of ketones is 1. The predicted molar refractivity (Wildman–Crippen MR) is 104 cm³/mol. The maximum Gasteiger partial charge on any atom is 0.332 e. The van der Waals surface area contributed by atoms with Crippen LogP contribution < -0.4 is 0 Å². The lowest BCUT2D eigenvalue weighted by molar-refractivity contribution is -0.146. The molecule has 0 unspecified atom stereocenters. The number of hydrogen-bond acceptors (Lipinski definition) is 3. The third-order valence-electron chi connectivity index (χ3n) is 4.13. The lowest BCUT2D eigenvalue weighted by Crippen LogP contribution is -2.37. The zero-order chi connectivity index (χ0) is 19.3. The largest absolute Gasteiger partial charge is 0.448 e. The van der Waals surface area contributed by atoms with E-state index >= 15 is 0 Å². The number of hydrogen-bond donors (Lipinski definition) is 0. The molecule has 2 rings (SSSR count). The first-order valence-electron chi connectivity index (χ1n) is 8.33. The molecule has 0 saturated carbocycles. The van der Waals surface area contributed by atoms with E-state index < -0.39 is 11.6 Å². The molecule has 2 aromatic rings. The highest BCUT2D eigenvalue weighted by Gasteiger charge is 2.33. The number of carbonyl (C=O) groups excluding carboxylic acids is 2. The van der Waals surface area contributed by atoms with Gasteiger partial charge in [0.05, 0.1) is 0 Å². The minimum atomic E-state index is -1.26. The Kier molecular flexibility index (Phi) is 5.79. The van der Waals surface area contributed by atoms with Crippen LogP contribution in [0.2, 0.25) is 0 Å². The third-order valence-corrected chi connectivity index (χ3v) is 4.13. The molecule has 2 aromatic carbocycles. The molecule has 132 valence electrons. The zero-order valence-electron chi connectivity index (χ0n) is 15.5. The fraction of sp³-hybridized carbons (Fsp3) is 0.217. The van der Waals surface area contributed by atoms with Gasteiger partial charge in [-0.25, -0.2) is 4.79 Å². The van der Waals surface area contributed by atoms with E-state index in [1.54, 1.807) is 26.0 Å². The van der Waals surface area contributed by atoms with Gasteiger partial charge < -0.3 is 4.74 Å². The average Bonchev–Trinajstić information content (AvgIpc) is 2.61. The van der Waals surface area contributed by atoms with Crippen molar-refractivity contribution in [2.75, 3.05) is 0 Å². The molecule has 0 aliphatic carbocycles. The van der Waals surface area contributed by atoms with E-state index in [9.17, 15) is 9.59 Å². The molecule has 0 atom stereocenters. The van der Waals surface area contributed by atoms with E-state index in [1.807, 2.05) is 50.2 Å². The summed E-state index contributed by atoms with van der Waals surface area (Å²) >= 11 is 0. The van der Waals surface area contributed by atoms with Gasteiger partial charge in [0.1, 0.15) is 0 Å². The highest BCUT2D eigenvalue weighted by Crippen LogP contribution is 2.21. The number of rotatable bonds is 5. The molecular formula is C23H22O3. The monoisotopic (exact) mass is 346 g/mol. The van der Waals surface area contributed by atoms with Crippen LogP contribution in [0, 0.1) is 19.3 Å². The molecule has 3 nitrogen and oxygen atoms in total. The number of carbonyl (C=O) groups is 2. The Bertz CT molecular complexity index is 894. The maximum absolute atomic E-state index is 12.7. The Balaban J connectivity index is 2.15. The first kappa shape index (κ1) is 19.2. The molecule has 0 fully saturated rings. The maximum atomic E-state index is 12.7. The summed E-state index contributed by atoms with van der Waals surface area (Å²) in [5.41, 5.74) is 2.52. The molecule has 0 aliphatic heterocycles. The van der Waals surface area contributed by atoms with Gasteiger partial charge in [-0.1, -0.05) is 42.3 Å². The third kappa shape index (κ3) is 4.49. The van der Waals surface area contributed by atoms with E-state index in [1.165, 1.54) is 6.08 Å². The van der Waals surface area contributed by atoms with Crippen LogP contribution in [0.3, 0.4) is 0 Å². The highest BCUT2D eigenvalue weighted by molar-refractivity contribution is 6.04. The van der Waals surface area contributed by atoms with Crippen LogP contribution in [0.4, 0.5) is 0 Å². The van der Waals surface area contributed by atoms with Crippen molar-refractivity contribution in [3.8, 4) is 12.3 Å². The van der Waals surface area contributed by atoms with Crippen LogP contribution in [-0.2, 0) is 9.53 Å². The topological polar surface area (TPSA) is 43.4 Å². The Labute approximate surface area is 154 Å². The number of allylic oxidation sites excluding steroid dienone is 1. The van der Waals surface area contributed by atoms with Gasteiger partial charge in [0.2, 0.25) is 5.78 Å². The number of terminal acetylenes is 1. The van der Waals surface area contributed by atoms with Crippen molar-refractivity contribution in [3.63, 3.8) is 0 Å². The Hall–Kier alpha value is -3.12. The van der Waals surface area contributed by atoms with Crippen LogP contribution in [0.1, 0.15) is 47.8 Å². The lowest BCUT2D eigenvalue weighted by atomic mass is 9.93. The molecule has 0 saturated heterocycles. The zero-order valence-corrected chi connectivity index (χ0v) is 15.5. The van der Waals surface area contributed by atoms with Crippen molar-refractivity contribution in [2.24, 2.45) is 0 Å². The predicted octanol–water partition coefficient (Wildman–Crippen LogP) is 4.58. The number of esters is 1. The molecule has 3 heteroatoms. The summed E-state index contributed by atoms with van der Waals surface area (Å²) < 4.78 is 5.45. The summed E-state index contributed by atoms with van der Waals surface area (Å²) in [5, 5.41) is 0. The van der Waals surface area contributed by atoms with Crippen molar-refractivity contribution >= 4 is 17.3 Å². The molecule has 0 heterocycles. The molecule has 0 spiro atoms.